The van der Waals surface area contributed by atoms with Gasteiger partial charge in [0.1, 0.15) is 11.8 Å². The Morgan fingerprint density at radius 2 is 1.86 bits per heavy atom. The van der Waals surface area contributed by atoms with Gasteiger partial charge in [0, 0.05) is 13.1 Å². The van der Waals surface area contributed by atoms with E-state index in [1.54, 1.807) is 31.2 Å². The fourth-order valence-electron chi connectivity index (χ4n) is 2.56. The molecular weight excluding hydrogens is 268 g/mol. The quantitative estimate of drug-likeness (QED) is 0.920. The zero-order valence-corrected chi connectivity index (χ0v) is 12.6. The summed E-state index contributed by atoms with van der Waals surface area (Å²) in [6.07, 6.45) is 3.25. The molecule has 0 aliphatic carbocycles. The van der Waals surface area contributed by atoms with Crippen molar-refractivity contribution in [2.75, 3.05) is 20.2 Å². The molecule has 1 heterocycles. The molecule has 114 valence electrons. The number of para-hydroxylation sites is 1. The van der Waals surface area contributed by atoms with Gasteiger partial charge in [0.05, 0.1) is 12.7 Å². The van der Waals surface area contributed by atoms with E-state index < -0.39 is 6.04 Å². The SMILES string of the molecule is COc1ccccc1C(=O)N[C@@H](C)C(=O)N1CCCCC1. The van der Waals surface area contributed by atoms with Crippen LogP contribution in [0.15, 0.2) is 24.3 Å². The van der Waals surface area contributed by atoms with Crippen LogP contribution in [0.1, 0.15) is 36.5 Å². The summed E-state index contributed by atoms with van der Waals surface area (Å²) in [7, 11) is 1.52. The average Bonchev–Trinajstić information content (AvgIpc) is 2.54. The monoisotopic (exact) mass is 290 g/mol. The predicted octanol–water partition coefficient (Wildman–Crippen LogP) is 1.83. The van der Waals surface area contributed by atoms with Gasteiger partial charge in [-0.05, 0) is 38.3 Å². The van der Waals surface area contributed by atoms with E-state index in [0.717, 1.165) is 25.9 Å². The number of likely N-dealkylation sites (tertiary alicyclic amines) is 1. The van der Waals surface area contributed by atoms with Gasteiger partial charge in [-0.3, -0.25) is 9.59 Å². The number of piperidine rings is 1. The van der Waals surface area contributed by atoms with Gasteiger partial charge in [0.25, 0.3) is 5.91 Å². The second-order valence-electron chi connectivity index (χ2n) is 5.28. The molecule has 1 aromatic carbocycles. The molecule has 0 radical (unpaired) electrons. The molecule has 1 aliphatic heterocycles. The first kappa shape index (κ1) is 15.4. The Hall–Kier alpha value is -2.04. The van der Waals surface area contributed by atoms with Gasteiger partial charge in [-0.2, -0.15) is 0 Å². The molecule has 1 aromatic rings. The van der Waals surface area contributed by atoms with Crippen LogP contribution in [0.2, 0.25) is 0 Å². The Morgan fingerprint density at radius 3 is 2.52 bits per heavy atom. The van der Waals surface area contributed by atoms with Crippen LogP contribution in [0.4, 0.5) is 0 Å². The molecule has 0 unspecified atom stereocenters. The van der Waals surface area contributed by atoms with Crippen LogP contribution in [0.5, 0.6) is 5.75 Å². The summed E-state index contributed by atoms with van der Waals surface area (Å²) in [6, 6.07) is 6.46. The van der Waals surface area contributed by atoms with Gasteiger partial charge in [-0.1, -0.05) is 12.1 Å². The lowest BCUT2D eigenvalue weighted by atomic mass is 10.1. The first-order valence-electron chi connectivity index (χ1n) is 7.36. The minimum Gasteiger partial charge on any atom is -0.496 e. The lowest BCUT2D eigenvalue weighted by Gasteiger charge is -2.29. The van der Waals surface area contributed by atoms with Crippen LogP contribution in [0, 0.1) is 0 Å². The van der Waals surface area contributed by atoms with Crippen molar-refractivity contribution in [3.8, 4) is 5.75 Å². The van der Waals surface area contributed by atoms with E-state index in [4.69, 9.17) is 4.74 Å². The van der Waals surface area contributed by atoms with Crippen LogP contribution in [0.25, 0.3) is 0 Å². The Bertz CT molecular complexity index is 510. The van der Waals surface area contributed by atoms with Gasteiger partial charge >= 0.3 is 0 Å². The Balaban J connectivity index is 1.99. The molecule has 1 N–H and O–H groups in total. The summed E-state index contributed by atoms with van der Waals surface area (Å²) >= 11 is 0. The number of hydrogen-bond donors (Lipinski definition) is 1. The van der Waals surface area contributed by atoms with Crippen LogP contribution in [-0.2, 0) is 4.79 Å². The molecule has 0 saturated carbocycles. The summed E-state index contributed by atoms with van der Waals surface area (Å²) in [5, 5.41) is 2.76. The molecule has 0 spiro atoms. The zero-order valence-electron chi connectivity index (χ0n) is 12.6. The second kappa shape index (κ2) is 7.11. The van der Waals surface area contributed by atoms with E-state index in [2.05, 4.69) is 5.32 Å². The lowest BCUT2D eigenvalue weighted by Crippen LogP contribution is -2.48. The zero-order chi connectivity index (χ0) is 15.2. The van der Waals surface area contributed by atoms with Crippen molar-refractivity contribution in [2.45, 2.75) is 32.2 Å². The molecule has 5 nitrogen and oxygen atoms in total. The maximum atomic E-state index is 12.3. The molecule has 0 bridgehead atoms. The Labute approximate surface area is 125 Å². The van der Waals surface area contributed by atoms with Crippen molar-refractivity contribution < 1.29 is 14.3 Å². The average molecular weight is 290 g/mol. The molecule has 1 saturated heterocycles. The molecule has 1 aliphatic rings. The van der Waals surface area contributed by atoms with Crippen LogP contribution < -0.4 is 10.1 Å². The maximum Gasteiger partial charge on any atom is 0.255 e. The third kappa shape index (κ3) is 3.74. The van der Waals surface area contributed by atoms with E-state index >= 15 is 0 Å². The number of nitrogens with zero attached hydrogens (tertiary/aromatic N) is 1. The molecule has 2 rings (SSSR count). The highest BCUT2D eigenvalue weighted by atomic mass is 16.5. The summed E-state index contributed by atoms with van der Waals surface area (Å²) in [5.41, 5.74) is 0.443. The Morgan fingerprint density at radius 1 is 1.19 bits per heavy atom. The van der Waals surface area contributed by atoms with Crippen molar-refractivity contribution in [2.24, 2.45) is 0 Å². The highest BCUT2D eigenvalue weighted by Gasteiger charge is 2.24. The third-order valence-electron chi connectivity index (χ3n) is 3.74. The minimum absolute atomic E-state index is 0.0158. The Kier molecular flexibility index (Phi) is 5.20. The van der Waals surface area contributed by atoms with Crippen molar-refractivity contribution in [1.29, 1.82) is 0 Å². The maximum absolute atomic E-state index is 12.3. The normalized spacial score (nSPS) is 16.2. The fourth-order valence-corrected chi connectivity index (χ4v) is 2.56. The smallest absolute Gasteiger partial charge is 0.255 e. The number of methoxy groups -OCH3 is 1. The second-order valence-corrected chi connectivity index (χ2v) is 5.28. The van der Waals surface area contributed by atoms with E-state index in [9.17, 15) is 9.59 Å². The number of hydrogen-bond acceptors (Lipinski definition) is 3. The van der Waals surface area contributed by atoms with Crippen LogP contribution in [0.3, 0.4) is 0 Å². The molecule has 0 aromatic heterocycles. The summed E-state index contributed by atoms with van der Waals surface area (Å²) in [5.74, 6) is 0.205. The molecular formula is C16H22N2O3. The number of carbonyl (C=O) groups excluding carboxylic acids is 2. The number of amides is 2. The number of benzene rings is 1. The van der Waals surface area contributed by atoms with Gasteiger partial charge < -0.3 is 15.0 Å². The van der Waals surface area contributed by atoms with Crippen LogP contribution in [-0.4, -0.2) is 43.0 Å². The van der Waals surface area contributed by atoms with Crippen molar-refractivity contribution in [3.63, 3.8) is 0 Å². The highest BCUT2D eigenvalue weighted by molar-refractivity contribution is 5.99. The van der Waals surface area contributed by atoms with Gasteiger partial charge in [0.15, 0.2) is 0 Å². The molecule has 5 heteroatoms. The number of nitrogens with one attached hydrogen (secondary N) is 1. The number of rotatable bonds is 4. The van der Waals surface area contributed by atoms with Crippen molar-refractivity contribution in [3.05, 3.63) is 29.8 Å². The number of ether oxygens (including phenoxy) is 1. The first-order chi connectivity index (χ1) is 10.1. The molecule has 1 fully saturated rings. The van der Waals surface area contributed by atoms with Crippen molar-refractivity contribution >= 4 is 11.8 Å². The fraction of sp³-hybridized carbons (Fsp3) is 0.500. The lowest BCUT2D eigenvalue weighted by molar-refractivity contribution is -0.133. The minimum atomic E-state index is -0.527. The van der Waals surface area contributed by atoms with Crippen molar-refractivity contribution in [1.82, 2.24) is 10.2 Å². The summed E-state index contributed by atoms with van der Waals surface area (Å²) < 4.78 is 5.17. The van der Waals surface area contributed by atoms with Gasteiger partial charge in [-0.15, -0.1) is 0 Å². The van der Waals surface area contributed by atoms with E-state index in [1.807, 2.05) is 4.90 Å². The predicted molar refractivity (Wildman–Crippen MR) is 80.4 cm³/mol. The molecule has 1 atom stereocenters. The summed E-state index contributed by atoms with van der Waals surface area (Å²) in [6.45, 7) is 3.30. The third-order valence-corrected chi connectivity index (χ3v) is 3.74. The number of carbonyl (C=O) groups is 2. The van der Waals surface area contributed by atoms with E-state index in [1.165, 1.54) is 13.5 Å². The van der Waals surface area contributed by atoms with Gasteiger partial charge in [-0.25, -0.2) is 0 Å². The first-order valence-corrected chi connectivity index (χ1v) is 7.36. The van der Waals surface area contributed by atoms with Gasteiger partial charge in [0.2, 0.25) is 5.91 Å². The topological polar surface area (TPSA) is 58.6 Å². The molecule has 2 amide bonds. The molecule has 21 heavy (non-hydrogen) atoms. The van der Waals surface area contributed by atoms with E-state index in [0.29, 0.717) is 11.3 Å². The summed E-state index contributed by atoms with van der Waals surface area (Å²) in [4.78, 5) is 26.4. The highest BCUT2D eigenvalue weighted by Crippen LogP contribution is 2.17. The van der Waals surface area contributed by atoms with Crippen LogP contribution >= 0.6 is 0 Å². The van der Waals surface area contributed by atoms with E-state index in [-0.39, 0.29) is 11.8 Å². The standard InChI is InChI=1S/C16H22N2O3/c1-12(16(20)18-10-6-3-7-11-18)17-15(19)13-8-4-5-9-14(13)21-2/h4-5,8-9,12H,3,6-7,10-11H2,1-2H3,(H,17,19)/t12-/m0/s1. The largest absolute Gasteiger partial charge is 0.496 e.